The van der Waals surface area contributed by atoms with Gasteiger partial charge in [-0.1, -0.05) is 36.2 Å². The first kappa shape index (κ1) is 10.0. The smallest absolute Gasteiger partial charge is 0.0438 e. The Morgan fingerprint density at radius 1 is 1.29 bits per heavy atom. The summed E-state index contributed by atoms with van der Waals surface area (Å²) in [5, 5.41) is 5.49. The molecule has 0 aromatic heterocycles. The summed E-state index contributed by atoms with van der Waals surface area (Å²) in [5.41, 5.74) is 1.24. The van der Waals surface area contributed by atoms with Crippen LogP contribution in [0, 0.1) is 0 Å². The highest BCUT2D eigenvalue weighted by atomic mass is 35.5. The normalized spacial score (nSPS) is 22.2. The van der Waals surface area contributed by atoms with Crippen LogP contribution >= 0.6 is 11.6 Å². The zero-order valence-electron chi connectivity index (χ0n) is 8.25. The van der Waals surface area contributed by atoms with Crippen LogP contribution < -0.4 is 5.32 Å². The molecule has 0 bridgehead atoms. The summed E-state index contributed by atoms with van der Waals surface area (Å²) in [7, 11) is 0. The second kappa shape index (κ2) is 4.81. The first-order valence-corrected chi connectivity index (χ1v) is 5.64. The lowest BCUT2D eigenvalue weighted by molar-refractivity contribution is 0.391. The van der Waals surface area contributed by atoms with E-state index >= 15 is 0 Å². The zero-order valence-corrected chi connectivity index (χ0v) is 9.00. The number of hydrogen-bond acceptors (Lipinski definition) is 0. The summed E-state index contributed by atoms with van der Waals surface area (Å²) in [4.78, 5) is 0. The van der Waals surface area contributed by atoms with Crippen LogP contribution in [0.15, 0.2) is 24.3 Å². The lowest BCUT2D eigenvalue weighted by Crippen LogP contribution is -2.29. The Morgan fingerprint density at radius 2 is 2.14 bits per heavy atom. The van der Waals surface area contributed by atoms with E-state index in [1.165, 1.54) is 24.8 Å². The van der Waals surface area contributed by atoms with E-state index in [1.54, 1.807) is 0 Å². The lowest BCUT2D eigenvalue weighted by Gasteiger charge is -2.21. The van der Waals surface area contributed by atoms with Gasteiger partial charge in [0.2, 0.25) is 0 Å². The van der Waals surface area contributed by atoms with Crippen molar-refractivity contribution in [3.05, 3.63) is 34.9 Å². The fourth-order valence-corrected chi connectivity index (χ4v) is 2.15. The molecule has 1 aliphatic heterocycles. The highest BCUT2D eigenvalue weighted by Crippen LogP contribution is 2.20. The van der Waals surface area contributed by atoms with Gasteiger partial charge in [0.25, 0.3) is 0 Å². The number of rotatable bonds is 2. The summed E-state index contributed by atoms with van der Waals surface area (Å²) < 4.78 is 0. The van der Waals surface area contributed by atoms with Gasteiger partial charge >= 0.3 is 0 Å². The van der Waals surface area contributed by atoms with Gasteiger partial charge in [-0.05, 0) is 30.9 Å². The van der Waals surface area contributed by atoms with Crippen molar-refractivity contribution in [1.82, 2.24) is 5.32 Å². The Balaban J connectivity index is 1.99. The molecule has 1 fully saturated rings. The fourth-order valence-electron chi connectivity index (χ4n) is 1.94. The van der Waals surface area contributed by atoms with Gasteiger partial charge < -0.3 is 0 Å². The minimum absolute atomic E-state index is 0.503. The predicted octanol–water partition coefficient (Wildman–Crippen LogP) is 3.04. The Labute approximate surface area is 90.5 Å². The Hall–Kier alpha value is -0.530. The molecule has 2 rings (SSSR count). The van der Waals surface area contributed by atoms with Crippen LogP contribution in [-0.4, -0.2) is 12.6 Å². The molecule has 0 aliphatic carbocycles. The van der Waals surface area contributed by atoms with E-state index in [0.29, 0.717) is 6.04 Å². The van der Waals surface area contributed by atoms with Crippen molar-refractivity contribution in [1.29, 1.82) is 0 Å². The largest absolute Gasteiger partial charge is 0.238 e. The number of halogens is 1. The van der Waals surface area contributed by atoms with Crippen molar-refractivity contribution in [2.45, 2.75) is 31.7 Å². The van der Waals surface area contributed by atoms with Gasteiger partial charge in [0.05, 0.1) is 0 Å². The molecular formula is C12H15ClN. The third-order valence-corrected chi connectivity index (χ3v) is 3.11. The van der Waals surface area contributed by atoms with Crippen molar-refractivity contribution in [3.8, 4) is 0 Å². The van der Waals surface area contributed by atoms with Crippen LogP contribution in [0.3, 0.4) is 0 Å². The molecule has 14 heavy (non-hydrogen) atoms. The van der Waals surface area contributed by atoms with Crippen molar-refractivity contribution in [3.63, 3.8) is 0 Å². The first-order valence-electron chi connectivity index (χ1n) is 5.26. The highest BCUT2D eigenvalue weighted by molar-refractivity contribution is 6.31. The van der Waals surface area contributed by atoms with Gasteiger partial charge in [-0.3, -0.25) is 0 Å². The summed E-state index contributed by atoms with van der Waals surface area (Å²) >= 11 is 6.10. The number of piperidine rings is 1. The van der Waals surface area contributed by atoms with Crippen molar-refractivity contribution in [2.75, 3.05) is 6.54 Å². The van der Waals surface area contributed by atoms with Gasteiger partial charge in [-0.15, -0.1) is 0 Å². The minimum atomic E-state index is 0.503. The van der Waals surface area contributed by atoms with Crippen LogP contribution in [0.5, 0.6) is 0 Å². The van der Waals surface area contributed by atoms with Gasteiger partial charge in [-0.25, -0.2) is 5.32 Å². The third-order valence-electron chi connectivity index (χ3n) is 2.75. The Morgan fingerprint density at radius 3 is 2.86 bits per heavy atom. The SMILES string of the molecule is Clc1ccccc1CC1CCCC[N]1. The van der Waals surface area contributed by atoms with Crippen LogP contribution in [0.2, 0.25) is 5.02 Å². The molecule has 0 N–H and O–H groups in total. The molecule has 1 aromatic rings. The molecular weight excluding hydrogens is 194 g/mol. The standard InChI is InChI=1S/C12H15ClN/c13-12-7-2-1-5-10(12)9-11-6-3-4-8-14-11/h1-2,5,7,11H,3-4,6,8-9H2. The van der Waals surface area contributed by atoms with Crippen LogP contribution in [0.1, 0.15) is 24.8 Å². The van der Waals surface area contributed by atoms with E-state index in [1.807, 2.05) is 18.2 Å². The molecule has 2 heteroatoms. The molecule has 0 saturated carbocycles. The molecule has 1 unspecified atom stereocenters. The molecule has 1 aliphatic rings. The van der Waals surface area contributed by atoms with Crippen molar-refractivity contribution < 1.29 is 0 Å². The molecule has 0 amide bonds. The van der Waals surface area contributed by atoms with Gasteiger partial charge in [-0.2, -0.15) is 0 Å². The molecule has 1 heterocycles. The van der Waals surface area contributed by atoms with E-state index < -0.39 is 0 Å². The van der Waals surface area contributed by atoms with Gasteiger partial charge in [0, 0.05) is 17.6 Å². The maximum absolute atomic E-state index is 6.10. The topological polar surface area (TPSA) is 14.1 Å². The van der Waals surface area contributed by atoms with Gasteiger partial charge in [0.1, 0.15) is 0 Å². The van der Waals surface area contributed by atoms with E-state index in [4.69, 9.17) is 11.6 Å². The zero-order chi connectivity index (χ0) is 9.80. The monoisotopic (exact) mass is 208 g/mol. The minimum Gasteiger partial charge on any atom is -0.238 e. The quantitative estimate of drug-likeness (QED) is 0.710. The molecule has 1 radical (unpaired) electrons. The summed E-state index contributed by atoms with van der Waals surface area (Å²) in [6.07, 6.45) is 4.82. The number of benzene rings is 1. The summed E-state index contributed by atoms with van der Waals surface area (Å²) in [6.45, 7) is 1.04. The summed E-state index contributed by atoms with van der Waals surface area (Å²) in [6, 6.07) is 8.59. The average molecular weight is 209 g/mol. The maximum Gasteiger partial charge on any atom is 0.0438 e. The number of hydrogen-bond donors (Lipinski definition) is 0. The van der Waals surface area contributed by atoms with E-state index in [2.05, 4.69) is 11.4 Å². The van der Waals surface area contributed by atoms with Crippen molar-refractivity contribution in [2.24, 2.45) is 0 Å². The van der Waals surface area contributed by atoms with Crippen LogP contribution in [0.25, 0.3) is 0 Å². The van der Waals surface area contributed by atoms with Crippen LogP contribution in [-0.2, 0) is 6.42 Å². The molecule has 1 nitrogen and oxygen atoms in total. The first-order chi connectivity index (χ1) is 6.86. The molecule has 1 saturated heterocycles. The van der Waals surface area contributed by atoms with E-state index in [-0.39, 0.29) is 0 Å². The maximum atomic E-state index is 6.10. The molecule has 1 aromatic carbocycles. The molecule has 75 valence electrons. The van der Waals surface area contributed by atoms with Gasteiger partial charge in [0.15, 0.2) is 0 Å². The van der Waals surface area contributed by atoms with Crippen molar-refractivity contribution >= 4 is 11.6 Å². The van der Waals surface area contributed by atoms with E-state index in [9.17, 15) is 0 Å². The highest BCUT2D eigenvalue weighted by Gasteiger charge is 2.15. The molecule has 1 atom stereocenters. The Kier molecular flexibility index (Phi) is 3.44. The second-order valence-corrected chi connectivity index (χ2v) is 4.26. The lowest BCUT2D eigenvalue weighted by atomic mass is 9.98. The number of nitrogens with zero attached hydrogens (tertiary/aromatic N) is 1. The predicted molar refractivity (Wildman–Crippen MR) is 59.8 cm³/mol. The Bertz CT molecular complexity index is 292. The molecule has 0 spiro atoms. The second-order valence-electron chi connectivity index (χ2n) is 3.85. The third kappa shape index (κ3) is 2.49. The summed E-state index contributed by atoms with van der Waals surface area (Å²) in [5.74, 6) is 0. The van der Waals surface area contributed by atoms with Crippen LogP contribution in [0.4, 0.5) is 0 Å². The van der Waals surface area contributed by atoms with E-state index in [0.717, 1.165) is 18.0 Å². The fraction of sp³-hybridized carbons (Fsp3) is 0.500. The average Bonchev–Trinajstić information content (AvgIpc) is 2.23.